The molecule has 11 nitrogen and oxygen atoms in total. The summed E-state index contributed by atoms with van der Waals surface area (Å²) < 4.78 is 51.6. The molecular formula is C19H19ClN6O5S2. The van der Waals surface area contributed by atoms with E-state index in [1.807, 2.05) is 0 Å². The van der Waals surface area contributed by atoms with Gasteiger partial charge in [-0.05, 0) is 38.1 Å². The number of aromatic nitrogens is 4. The van der Waals surface area contributed by atoms with E-state index in [4.69, 9.17) is 11.6 Å². The fraction of sp³-hybridized carbons (Fsp3) is 0.211. The van der Waals surface area contributed by atoms with Crippen LogP contribution < -0.4 is 10.0 Å². The predicted molar refractivity (Wildman–Crippen MR) is 121 cm³/mol. The molecule has 33 heavy (non-hydrogen) atoms. The van der Waals surface area contributed by atoms with Gasteiger partial charge in [0.15, 0.2) is 5.69 Å². The molecule has 2 heterocycles. The van der Waals surface area contributed by atoms with Crippen LogP contribution in [0.1, 0.15) is 28.9 Å². The molecule has 0 radical (unpaired) electrons. The molecule has 0 spiro atoms. The van der Waals surface area contributed by atoms with Gasteiger partial charge in [-0.15, -0.1) is 0 Å². The second kappa shape index (κ2) is 9.37. The number of aryl methyl sites for hydroxylation is 2. The summed E-state index contributed by atoms with van der Waals surface area (Å²) in [6, 6.07) is 6.79. The first kappa shape index (κ1) is 24.5. The van der Waals surface area contributed by atoms with Crippen LogP contribution in [0.5, 0.6) is 0 Å². The zero-order valence-electron chi connectivity index (χ0n) is 17.7. The highest BCUT2D eigenvalue weighted by Gasteiger charge is 2.21. The third-order valence-electron chi connectivity index (χ3n) is 4.22. The van der Waals surface area contributed by atoms with Crippen molar-refractivity contribution in [3.63, 3.8) is 0 Å². The summed E-state index contributed by atoms with van der Waals surface area (Å²) in [6.07, 6.45) is 1.03. The second-order valence-corrected chi connectivity index (χ2v) is 11.0. The molecule has 2 N–H and O–H groups in total. The summed E-state index contributed by atoms with van der Waals surface area (Å²) in [7, 11) is -7.68. The first-order valence-corrected chi connectivity index (χ1v) is 12.9. The summed E-state index contributed by atoms with van der Waals surface area (Å²) >= 11 is 5.96. The van der Waals surface area contributed by atoms with Crippen LogP contribution in [0, 0.1) is 13.8 Å². The summed E-state index contributed by atoms with van der Waals surface area (Å²) in [6.45, 7) is 4.78. The Kier molecular flexibility index (Phi) is 6.95. The Morgan fingerprint density at radius 2 is 1.70 bits per heavy atom. The molecule has 14 heteroatoms. The highest BCUT2D eigenvalue weighted by Crippen LogP contribution is 2.20. The largest absolute Gasteiger partial charge is 0.321 e. The summed E-state index contributed by atoms with van der Waals surface area (Å²) in [4.78, 5) is 28.1. The zero-order valence-corrected chi connectivity index (χ0v) is 20.1. The molecule has 1 aromatic carbocycles. The van der Waals surface area contributed by atoms with Crippen LogP contribution in [0.25, 0.3) is 0 Å². The fourth-order valence-electron chi connectivity index (χ4n) is 2.66. The van der Waals surface area contributed by atoms with E-state index in [0.717, 1.165) is 6.20 Å². The Bertz CT molecular complexity index is 1410. The van der Waals surface area contributed by atoms with Gasteiger partial charge < -0.3 is 5.32 Å². The van der Waals surface area contributed by atoms with Gasteiger partial charge in [-0.1, -0.05) is 18.5 Å². The van der Waals surface area contributed by atoms with Gasteiger partial charge in [-0.25, -0.2) is 36.8 Å². The van der Waals surface area contributed by atoms with Crippen LogP contribution >= 0.6 is 11.6 Å². The van der Waals surface area contributed by atoms with Gasteiger partial charge in [0.05, 0.1) is 21.9 Å². The van der Waals surface area contributed by atoms with E-state index < -0.39 is 30.9 Å². The van der Waals surface area contributed by atoms with Crippen LogP contribution in [-0.2, 0) is 19.9 Å². The van der Waals surface area contributed by atoms with Gasteiger partial charge in [0.2, 0.25) is 15.0 Å². The van der Waals surface area contributed by atoms with Crippen molar-refractivity contribution in [1.82, 2.24) is 19.9 Å². The maximum Gasteiger partial charge on any atom is 0.275 e. The molecule has 0 bridgehead atoms. The summed E-state index contributed by atoms with van der Waals surface area (Å²) in [5, 5.41) is 1.85. The van der Waals surface area contributed by atoms with Gasteiger partial charge in [0.25, 0.3) is 15.9 Å². The number of halogens is 1. The zero-order chi connectivity index (χ0) is 24.4. The van der Waals surface area contributed by atoms with E-state index in [1.54, 1.807) is 13.8 Å². The monoisotopic (exact) mass is 510 g/mol. The lowest BCUT2D eigenvalue weighted by molar-refractivity contribution is 0.102. The Morgan fingerprint density at radius 1 is 1.03 bits per heavy atom. The normalized spacial score (nSPS) is 11.8. The van der Waals surface area contributed by atoms with Gasteiger partial charge in [0.1, 0.15) is 11.6 Å². The lowest BCUT2D eigenvalue weighted by atomic mass is 10.3. The minimum absolute atomic E-state index is 0.0641. The molecular weight excluding hydrogens is 492 g/mol. The van der Waals surface area contributed by atoms with Crippen molar-refractivity contribution in [1.29, 1.82) is 0 Å². The number of amides is 1. The van der Waals surface area contributed by atoms with Crippen molar-refractivity contribution in [3.05, 3.63) is 58.8 Å². The fourth-order valence-corrected chi connectivity index (χ4v) is 4.53. The number of anilines is 2. The van der Waals surface area contributed by atoms with Crippen LogP contribution in [0.4, 0.5) is 11.5 Å². The molecule has 0 aliphatic heterocycles. The molecule has 3 rings (SSSR count). The first-order valence-electron chi connectivity index (χ1n) is 9.43. The average molecular weight is 511 g/mol. The van der Waals surface area contributed by atoms with Crippen molar-refractivity contribution in [2.45, 2.75) is 30.8 Å². The Morgan fingerprint density at radius 3 is 2.30 bits per heavy atom. The molecule has 0 atom stereocenters. The second-order valence-electron chi connectivity index (χ2n) is 6.78. The number of hydrogen-bond acceptors (Lipinski definition) is 9. The van der Waals surface area contributed by atoms with E-state index >= 15 is 0 Å². The Labute approximate surface area is 195 Å². The maximum atomic E-state index is 12.6. The number of carbonyl (C=O) groups is 1. The number of hydrogen-bond donors (Lipinski definition) is 2. The van der Waals surface area contributed by atoms with Crippen molar-refractivity contribution in [2.75, 3.05) is 15.8 Å². The first-order chi connectivity index (χ1) is 15.4. The molecule has 0 fully saturated rings. The smallest absolute Gasteiger partial charge is 0.275 e. The summed E-state index contributed by atoms with van der Waals surface area (Å²) in [5.41, 5.74) is 0.519. The van der Waals surface area contributed by atoms with E-state index in [0.29, 0.717) is 11.5 Å². The van der Waals surface area contributed by atoms with Crippen LogP contribution in [0.15, 0.2) is 46.6 Å². The van der Waals surface area contributed by atoms with E-state index in [9.17, 15) is 21.6 Å². The molecule has 1 amide bonds. The molecule has 0 aliphatic rings. The number of rotatable bonds is 7. The van der Waals surface area contributed by atoms with Crippen molar-refractivity contribution < 1.29 is 21.6 Å². The van der Waals surface area contributed by atoms with Gasteiger partial charge in [0, 0.05) is 17.4 Å². The highest BCUT2D eigenvalue weighted by molar-refractivity contribution is 7.92. The van der Waals surface area contributed by atoms with Crippen molar-refractivity contribution >= 4 is 48.9 Å². The molecule has 174 valence electrons. The third-order valence-corrected chi connectivity index (χ3v) is 7.38. The minimum atomic E-state index is -3.94. The van der Waals surface area contributed by atoms with E-state index in [1.165, 1.54) is 37.3 Å². The van der Waals surface area contributed by atoms with Crippen LogP contribution in [-0.4, -0.2) is 48.4 Å². The average Bonchev–Trinajstić information content (AvgIpc) is 2.73. The topological polar surface area (TPSA) is 161 Å². The highest BCUT2D eigenvalue weighted by atomic mass is 35.5. The van der Waals surface area contributed by atoms with Crippen molar-refractivity contribution in [3.8, 4) is 0 Å². The number of benzene rings is 1. The molecule has 0 unspecified atom stereocenters. The van der Waals surface area contributed by atoms with Crippen molar-refractivity contribution in [2.24, 2.45) is 0 Å². The lowest BCUT2D eigenvalue weighted by Gasteiger charge is -2.10. The molecule has 0 saturated heterocycles. The third kappa shape index (κ3) is 5.80. The predicted octanol–water partition coefficient (Wildman–Crippen LogP) is 2.38. The molecule has 3 aromatic rings. The van der Waals surface area contributed by atoms with Gasteiger partial charge in [-0.2, -0.15) is 0 Å². The standard InChI is InChI=1S/C19H19ClN6O5S2/c1-4-32(28,29)19-21-10-15(20)17(25-19)18(27)24-13-5-7-14(8-6-13)33(30,31)26-16-9-11(2)22-12(3)23-16/h5-10H,4H2,1-3H3,(H,24,27)(H,22,23,26). The lowest BCUT2D eigenvalue weighted by Crippen LogP contribution is -2.18. The van der Waals surface area contributed by atoms with Gasteiger partial charge >= 0.3 is 0 Å². The molecule has 2 aromatic heterocycles. The Hall–Kier alpha value is -3.16. The minimum Gasteiger partial charge on any atom is -0.321 e. The SMILES string of the molecule is CCS(=O)(=O)c1ncc(Cl)c(C(=O)Nc2ccc(S(=O)(=O)Nc3cc(C)nc(C)n3)cc2)n1. The maximum absolute atomic E-state index is 12.6. The molecule has 0 aliphatic carbocycles. The van der Waals surface area contributed by atoms with E-state index in [-0.39, 0.29) is 32.9 Å². The van der Waals surface area contributed by atoms with E-state index in [2.05, 4.69) is 30.0 Å². The quantitative estimate of drug-likeness (QED) is 0.454. The number of sulfonamides is 1. The Balaban J connectivity index is 1.79. The summed E-state index contributed by atoms with van der Waals surface area (Å²) in [5.74, 6) is -0.471. The number of nitrogens with zero attached hydrogens (tertiary/aromatic N) is 4. The van der Waals surface area contributed by atoms with Crippen LogP contribution in [0.2, 0.25) is 5.02 Å². The van der Waals surface area contributed by atoms with Gasteiger partial charge in [-0.3, -0.25) is 9.52 Å². The van der Waals surface area contributed by atoms with Crippen LogP contribution in [0.3, 0.4) is 0 Å². The number of sulfone groups is 1. The number of carbonyl (C=O) groups excluding carboxylic acids is 1. The molecule has 0 saturated carbocycles. The number of nitrogens with one attached hydrogen (secondary N) is 2.